The Bertz CT molecular complexity index is 364. The summed E-state index contributed by atoms with van der Waals surface area (Å²) >= 11 is 2.93. The highest BCUT2D eigenvalue weighted by Gasteiger charge is 2.14. The van der Waals surface area contributed by atoms with Crippen LogP contribution in [0.25, 0.3) is 0 Å². The molecule has 0 unspecified atom stereocenters. The van der Waals surface area contributed by atoms with Crippen molar-refractivity contribution in [1.82, 2.24) is 4.98 Å². The molecule has 0 radical (unpaired) electrons. The van der Waals surface area contributed by atoms with Gasteiger partial charge in [-0.25, -0.2) is 8.78 Å². The first-order chi connectivity index (χ1) is 6.06. The summed E-state index contributed by atoms with van der Waals surface area (Å²) in [5.41, 5.74) is 4.49. The lowest BCUT2D eigenvalue weighted by Gasteiger charge is -2.06. The fourth-order valence-electron chi connectivity index (χ4n) is 0.922. The van der Waals surface area contributed by atoms with Gasteiger partial charge in [0, 0.05) is 6.54 Å². The summed E-state index contributed by atoms with van der Waals surface area (Å²) in [6.07, 6.45) is -2.71. The minimum absolute atomic E-state index is 0.0327. The topological polar surface area (TPSA) is 58.9 Å². The molecule has 0 saturated heterocycles. The molecule has 0 spiro atoms. The summed E-state index contributed by atoms with van der Waals surface area (Å²) in [6.45, 7) is -0.0327. The van der Waals surface area contributed by atoms with Crippen molar-refractivity contribution in [2.75, 3.05) is 0 Å². The molecule has 3 nitrogen and oxygen atoms in total. The van der Waals surface area contributed by atoms with E-state index in [2.05, 4.69) is 20.9 Å². The van der Waals surface area contributed by atoms with Gasteiger partial charge in [0.2, 0.25) is 0 Å². The average molecular weight is 253 g/mol. The maximum Gasteiger partial charge on any atom is 0.278 e. The van der Waals surface area contributed by atoms with Gasteiger partial charge in [-0.1, -0.05) is 0 Å². The molecule has 0 bridgehead atoms. The molecule has 1 aromatic rings. The molecule has 1 aromatic heterocycles. The smallest absolute Gasteiger partial charge is 0.278 e. The minimum atomic E-state index is -2.71. The number of alkyl halides is 2. The van der Waals surface area contributed by atoms with Gasteiger partial charge in [0.1, 0.15) is 0 Å². The van der Waals surface area contributed by atoms with Gasteiger partial charge in [0.25, 0.3) is 12.0 Å². The second kappa shape index (κ2) is 3.97. The van der Waals surface area contributed by atoms with E-state index in [1.807, 2.05) is 0 Å². The van der Waals surface area contributed by atoms with Gasteiger partial charge in [-0.3, -0.25) is 4.79 Å². The van der Waals surface area contributed by atoms with Crippen molar-refractivity contribution in [3.63, 3.8) is 0 Å². The number of nitrogens with one attached hydrogen (secondary N) is 1. The van der Waals surface area contributed by atoms with Crippen LogP contribution >= 0.6 is 15.9 Å². The first-order valence-corrected chi connectivity index (χ1v) is 4.25. The van der Waals surface area contributed by atoms with Crippen LogP contribution in [0.1, 0.15) is 17.7 Å². The van der Waals surface area contributed by atoms with Crippen molar-refractivity contribution in [3.8, 4) is 0 Å². The predicted molar refractivity (Wildman–Crippen MR) is 47.6 cm³/mol. The molecular weight excluding hydrogens is 246 g/mol. The van der Waals surface area contributed by atoms with Gasteiger partial charge >= 0.3 is 0 Å². The van der Waals surface area contributed by atoms with Crippen LogP contribution < -0.4 is 11.3 Å². The van der Waals surface area contributed by atoms with Crippen molar-refractivity contribution >= 4 is 15.9 Å². The molecule has 0 aliphatic rings. The molecular formula is C7H7BrF2N2O. The quantitative estimate of drug-likeness (QED) is 0.839. The lowest BCUT2D eigenvalue weighted by molar-refractivity contribution is 0.144. The number of hydrogen-bond donors (Lipinski definition) is 2. The summed E-state index contributed by atoms with van der Waals surface area (Å²) in [5.74, 6) is 0. The Morgan fingerprint density at radius 2 is 2.23 bits per heavy atom. The van der Waals surface area contributed by atoms with Gasteiger partial charge < -0.3 is 10.7 Å². The third-order valence-corrected chi connectivity index (χ3v) is 2.14. The van der Waals surface area contributed by atoms with Crippen LogP contribution in [-0.4, -0.2) is 4.98 Å². The molecule has 0 amide bonds. The van der Waals surface area contributed by atoms with Crippen LogP contribution in [0, 0.1) is 0 Å². The predicted octanol–water partition coefficient (Wildman–Crippen LogP) is 1.53. The van der Waals surface area contributed by atoms with E-state index in [1.165, 1.54) is 6.07 Å². The number of H-pyrrole nitrogens is 1. The Kier molecular flexibility index (Phi) is 3.16. The molecule has 6 heteroatoms. The maximum absolute atomic E-state index is 12.3. The first kappa shape index (κ1) is 10.3. The fourth-order valence-corrected chi connectivity index (χ4v) is 1.30. The van der Waals surface area contributed by atoms with Gasteiger partial charge in [-0.15, -0.1) is 0 Å². The summed E-state index contributed by atoms with van der Waals surface area (Å²) in [5, 5.41) is 0. The number of aromatic amines is 1. The number of rotatable bonds is 2. The van der Waals surface area contributed by atoms with E-state index in [9.17, 15) is 13.6 Å². The molecule has 1 rings (SSSR count). The molecule has 0 aromatic carbocycles. The van der Waals surface area contributed by atoms with Crippen LogP contribution in [0.4, 0.5) is 8.78 Å². The van der Waals surface area contributed by atoms with E-state index in [-0.39, 0.29) is 16.6 Å². The lowest BCUT2D eigenvalue weighted by atomic mass is 10.2. The number of nitrogens with two attached hydrogens (primary N) is 1. The van der Waals surface area contributed by atoms with E-state index in [0.717, 1.165) is 0 Å². The lowest BCUT2D eigenvalue weighted by Crippen LogP contribution is -2.14. The van der Waals surface area contributed by atoms with Gasteiger partial charge in [0.15, 0.2) is 0 Å². The SMILES string of the molecule is NCc1cc(Br)c(=O)[nH]c1C(F)F. The molecule has 0 atom stereocenters. The van der Waals surface area contributed by atoms with E-state index < -0.39 is 17.7 Å². The van der Waals surface area contributed by atoms with Crippen molar-refractivity contribution in [3.05, 3.63) is 32.2 Å². The van der Waals surface area contributed by atoms with E-state index in [0.29, 0.717) is 0 Å². The second-order valence-electron chi connectivity index (χ2n) is 2.39. The average Bonchev–Trinajstić information content (AvgIpc) is 2.08. The molecule has 72 valence electrons. The Balaban J connectivity index is 3.33. The second-order valence-corrected chi connectivity index (χ2v) is 3.24. The Morgan fingerprint density at radius 1 is 1.62 bits per heavy atom. The highest BCUT2D eigenvalue weighted by Crippen LogP contribution is 2.20. The standard InChI is InChI=1S/C7H7BrF2N2O/c8-4-1-3(2-11)5(6(9)10)12-7(4)13/h1,6H,2,11H2,(H,12,13). The minimum Gasteiger partial charge on any atom is -0.326 e. The first-order valence-electron chi connectivity index (χ1n) is 3.46. The number of halogens is 3. The summed E-state index contributed by atoms with van der Waals surface area (Å²) in [4.78, 5) is 13.0. The summed E-state index contributed by atoms with van der Waals surface area (Å²) < 4.78 is 24.8. The van der Waals surface area contributed by atoms with Crippen LogP contribution in [0.5, 0.6) is 0 Å². The molecule has 0 aliphatic carbocycles. The molecule has 0 aliphatic heterocycles. The third kappa shape index (κ3) is 2.13. The summed E-state index contributed by atoms with van der Waals surface area (Å²) in [6, 6.07) is 1.31. The molecule has 1 heterocycles. The number of aromatic nitrogens is 1. The van der Waals surface area contributed by atoms with Crippen LogP contribution in [-0.2, 0) is 6.54 Å². The van der Waals surface area contributed by atoms with Crippen molar-refractivity contribution in [2.24, 2.45) is 5.73 Å². The number of hydrogen-bond acceptors (Lipinski definition) is 2. The third-order valence-electron chi connectivity index (χ3n) is 1.55. The number of pyridine rings is 1. The highest BCUT2D eigenvalue weighted by atomic mass is 79.9. The van der Waals surface area contributed by atoms with Gasteiger partial charge in [0.05, 0.1) is 10.2 Å². The highest BCUT2D eigenvalue weighted by molar-refractivity contribution is 9.10. The molecule has 0 fully saturated rings. The normalized spacial score (nSPS) is 10.8. The monoisotopic (exact) mass is 252 g/mol. The van der Waals surface area contributed by atoms with E-state index in [1.54, 1.807) is 0 Å². The van der Waals surface area contributed by atoms with Crippen molar-refractivity contribution in [1.29, 1.82) is 0 Å². The van der Waals surface area contributed by atoms with Crippen molar-refractivity contribution < 1.29 is 8.78 Å². The van der Waals surface area contributed by atoms with Crippen LogP contribution in [0.3, 0.4) is 0 Å². The zero-order valence-electron chi connectivity index (χ0n) is 6.48. The van der Waals surface area contributed by atoms with E-state index >= 15 is 0 Å². The maximum atomic E-state index is 12.3. The van der Waals surface area contributed by atoms with Gasteiger partial charge in [-0.2, -0.15) is 0 Å². The van der Waals surface area contributed by atoms with Crippen LogP contribution in [0.15, 0.2) is 15.3 Å². The molecule has 0 saturated carbocycles. The zero-order valence-corrected chi connectivity index (χ0v) is 8.07. The van der Waals surface area contributed by atoms with E-state index in [4.69, 9.17) is 5.73 Å². The van der Waals surface area contributed by atoms with Crippen molar-refractivity contribution in [2.45, 2.75) is 13.0 Å². The fraction of sp³-hybridized carbons (Fsp3) is 0.286. The van der Waals surface area contributed by atoms with Gasteiger partial charge in [-0.05, 0) is 27.6 Å². The largest absolute Gasteiger partial charge is 0.326 e. The Labute approximate surface area is 81.1 Å². The molecule has 3 N–H and O–H groups in total. The summed E-state index contributed by atoms with van der Waals surface area (Å²) in [7, 11) is 0. The molecule has 13 heavy (non-hydrogen) atoms. The zero-order chi connectivity index (χ0) is 10.0. The van der Waals surface area contributed by atoms with Crippen LogP contribution in [0.2, 0.25) is 0 Å². The Hall–Kier alpha value is -0.750. The Morgan fingerprint density at radius 3 is 2.69 bits per heavy atom.